The highest BCUT2D eigenvalue weighted by Gasteiger charge is 2.31. The van der Waals surface area contributed by atoms with Gasteiger partial charge in [0.2, 0.25) is 0 Å². The molecule has 0 saturated heterocycles. The smallest absolute Gasteiger partial charge is 0.284 e. The van der Waals surface area contributed by atoms with Crippen molar-refractivity contribution in [3.8, 4) is 0 Å². The Kier molecular flexibility index (Phi) is 4.35. The van der Waals surface area contributed by atoms with Crippen LogP contribution in [-0.2, 0) is 4.79 Å². The molecule has 1 nitrogen and oxygen atoms in total. The fourth-order valence-electron chi connectivity index (χ4n) is 2.81. The molecular weight excluding hydrogens is 265 g/mol. The van der Waals surface area contributed by atoms with Gasteiger partial charge in [-0.05, 0) is 25.3 Å². The monoisotopic (exact) mass is 284 g/mol. The summed E-state index contributed by atoms with van der Waals surface area (Å²) in [5.74, 6) is 0.184. The van der Waals surface area contributed by atoms with E-state index in [1.54, 1.807) is 28.3 Å². The molecule has 1 saturated carbocycles. The van der Waals surface area contributed by atoms with Gasteiger partial charge in [-0.2, -0.15) is 8.78 Å². The van der Waals surface area contributed by atoms with Crippen LogP contribution in [0.4, 0.5) is 8.78 Å². The van der Waals surface area contributed by atoms with E-state index in [2.05, 4.69) is 0 Å². The summed E-state index contributed by atoms with van der Waals surface area (Å²) < 4.78 is 26.9. The normalized spacial score (nSPS) is 28.7. The number of alkyl halides is 2. The van der Waals surface area contributed by atoms with Crippen molar-refractivity contribution in [1.29, 1.82) is 0 Å². The van der Waals surface area contributed by atoms with Gasteiger partial charge in [-0.15, -0.1) is 0 Å². The van der Waals surface area contributed by atoms with Crippen LogP contribution in [-0.4, -0.2) is 11.4 Å². The Morgan fingerprint density at radius 2 is 1.95 bits per heavy atom. The Hall–Kier alpha value is -0.820. The van der Waals surface area contributed by atoms with Crippen LogP contribution in [0.3, 0.4) is 0 Å². The first-order valence-electron chi connectivity index (χ1n) is 6.67. The number of carbonyl (C=O) groups is 1. The maximum Gasteiger partial charge on any atom is 0.284 e. The fourth-order valence-corrected chi connectivity index (χ4v) is 3.13. The zero-order chi connectivity index (χ0) is 14.0. The molecule has 4 heteroatoms. The van der Waals surface area contributed by atoms with Crippen molar-refractivity contribution in [2.75, 3.05) is 0 Å². The largest absolute Gasteiger partial charge is 0.299 e. The lowest BCUT2D eigenvalue weighted by molar-refractivity contribution is -0.125. The average Bonchev–Trinajstić information content (AvgIpc) is 2.51. The molecule has 2 aliphatic carbocycles. The van der Waals surface area contributed by atoms with Crippen LogP contribution in [0.15, 0.2) is 35.5 Å². The molecule has 0 radical (unpaired) electrons. The van der Waals surface area contributed by atoms with Gasteiger partial charge in [0.25, 0.3) is 5.66 Å². The van der Waals surface area contributed by atoms with E-state index in [4.69, 9.17) is 0 Å². The molecule has 0 aromatic rings. The van der Waals surface area contributed by atoms with Crippen molar-refractivity contribution in [1.82, 2.24) is 0 Å². The Bertz CT molecular complexity index is 457. The topological polar surface area (TPSA) is 17.1 Å². The zero-order valence-electron chi connectivity index (χ0n) is 11.0. The highest BCUT2D eigenvalue weighted by Crippen LogP contribution is 2.37. The predicted molar refractivity (Wildman–Crippen MR) is 76.1 cm³/mol. The second-order valence-corrected chi connectivity index (χ2v) is 6.06. The van der Waals surface area contributed by atoms with Crippen molar-refractivity contribution in [3.63, 3.8) is 0 Å². The van der Waals surface area contributed by atoms with Gasteiger partial charge in [0, 0.05) is 23.8 Å². The molecule has 0 bridgehead atoms. The van der Waals surface area contributed by atoms with Crippen LogP contribution < -0.4 is 0 Å². The van der Waals surface area contributed by atoms with Gasteiger partial charge < -0.3 is 0 Å². The minimum absolute atomic E-state index is 0.0134. The van der Waals surface area contributed by atoms with Crippen LogP contribution in [0, 0.1) is 11.8 Å². The quantitative estimate of drug-likeness (QED) is 0.692. The molecule has 0 amide bonds. The summed E-state index contributed by atoms with van der Waals surface area (Å²) in [5, 5.41) is 0. The van der Waals surface area contributed by atoms with E-state index in [9.17, 15) is 13.6 Å². The zero-order valence-corrected chi connectivity index (χ0v) is 12.2. The number of hydrogen-bond acceptors (Lipinski definition) is 1. The van der Waals surface area contributed by atoms with Crippen LogP contribution in [0.2, 0.25) is 0 Å². The number of carbonyl (C=O) groups excluding carboxylic acids is 1. The first-order chi connectivity index (χ1) is 8.89. The molecule has 1 fully saturated rings. The number of hydrogen-bond donors (Lipinski definition) is 0. The number of halogens is 2. The Labute approximate surface area is 115 Å². The van der Waals surface area contributed by atoms with Crippen molar-refractivity contribution < 1.29 is 13.6 Å². The molecule has 3 unspecified atom stereocenters. The van der Waals surface area contributed by atoms with E-state index < -0.39 is 5.66 Å². The third-order valence-corrected chi connectivity index (χ3v) is 4.21. The van der Waals surface area contributed by atoms with Crippen molar-refractivity contribution in [3.05, 3.63) is 35.5 Å². The molecule has 0 N–H and O–H groups in total. The first-order valence-corrected chi connectivity index (χ1v) is 7.24. The predicted octanol–water partition coefficient (Wildman–Crippen LogP) is 4.27. The lowest BCUT2D eigenvalue weighted by atomic mass is 9.79. The molecular formula is C15H19F2OP. The summed E-state index contributed by atoms with van der Waals surface area (Å²) in [6.07, 6.45) is 10.4. The van der Waals surface area contributed by atoms with Gasteiger partial charge in [-0.25, -0.2) is 0 Å². The van der Waals surface area contributed by atoms with Crippen LogP contribution >= 0.6 is 9.24 Å². The minimum atomic E-state index is -2.92. The first kappa shape index (κ1) is 14.6. The van der Waals surface area contributed by atoms with Gasteiger partial charge in [-0.3, -0.25) is 4.79 Å². The minimum Gasteiger partial charge on any atom is -0.299 e. The van der Waals surface area contributed by atoms with Gasteiger partial charge in [0.15, 0.2) is 0 Å². The second kappa shape index (κ2) is 5.66. The van der Waals surface area contributed by atoms with Gasteiger partial charge in [-0.1, -0.05) is 40.0 Å². The fraction of sp³-hybridized carbons (Fsp3) is 0.533. The lowest BCUT2D eigenvalue weighted by Crippen LogP contribution is -2.24. The molecule has 3 atom stereocenters. The summed E-state index contributed by atoms with van der Waals surface area (Å²) in [6.45, 7) is 1.68. The summed E-state index contributed by atoms with van der Waals surface area (Å²) in [6, 6.07) is 0. The van der Waals surface area contributed by atoms with Crippen LogP contribution in [0.1, 0.15) is 32.6 Å². The molecule has 2 aliphatic rings. The van der Waals surface area contributed by atoms with Crippen molar-refractivity contribution in [2.24, 2.45) is 11.8 Å². The number of ketones is 1. The second-order valence-electron chi connectivity index (χ2n) is 5.33. The molecule has 2 rings (SSSR count). The molecule has 0 spiro atoms. The number of rotatable bonds is 2. The SMILES string of the molecule is CC1=C(C(F)(F)P)C=CC(C2CCCCC2=O)C=C1. The molecule has 19 heavy (non-hydrogen) atoms. The van der Waals surface area contributed by atoms with Crippen LogP contribution in [0.5, 0.6) is 0 Å². The van der Waals surface area contributed by atoms with Gasteiger partial charge in [0.05, 0.1) is 0 Å². The highest BCUT2D eigenvalue weighted by molar-refractivity contribution is 7.18. The van der Waals surface area contributed by atoms with E-state index in [1.165, 1.54) is 6.08 Å². The molecule has 0 aliphatic heterocycles. The summed E-state index contributed by atoms with van der Waals surface area (Å²) in [5.41, 5.74) is -2.35. The Morgan fingerprint density at radius 1 is 1.26 bits per heavy atom. The molecule has 0 heterocycles. The van der Waals surface area contributed by atoms with Gasteiger partial charge in [0.1, 0.15) is 5.78 Å². The van der Waals surface area contributed by atoms with Crippen molar-refractivity contribution >= 4 is 15.0 Å². The lowest BCUT2D eigenvalue weighted by Gasteiger charge is -2.24. The van der Waals surface area contributed by atoms with Gasteiger partial charge >= 0.3 is 0 Å². The Balaban J connectivity index is 2.22. The maximum absolute atomic E-state index is 13.4. The summed E-state index contributed by atoms with van der Waals surface area (Å²) >= 11 is 0. The van der Waals surface area contributed by atoms with Crippen molar-refractivity contribution in [2.45, 2.75) is 38.3 Å². The number of allylic oxidation sites excluding steroid dienone is 6. The molecule has 104 valence electrons. The van der Waals surface area contributed by atoms with E-state index in [1.807, 2.05) is 6.08 Å². The summed E-state index contributed by atoms with van der Waals surface area (Å²) in [4.78, 5) is 11.9. The third kappa shape index (κ3) is 3.39. The molecule has 0 aromatic carbocycles. The standard InChI is InChI=1S/C15H19F2OP/c1-10-6-7-11(8-9-13(10)15(16,17)19)12-4-2-3-5-14(12)18/h6-9,11-12H,2-5,19H2,1H3. The van der Waals surface area contributed by atoms with Crippen LogP contribution in [0.25, 0.3) is 0 Å². The van der Waals surface area contributed by atoms with E-state index in [0.29, 0.717) is 12.0 Å². The molecule has 0 aromatic heterocycles. The van der Waals surface area contributed by atoms with E-state index in [0.717, 1.165) is 19.3 Å². The average molecular weight is 284 g/mol. The van der Waals surface area contributed by atoms with E-state index >= 15 is 0 Å². The third-order valence-electron chi connectivity index (χ3n) is 3.90. The maximum atomic E-state index is 13.4. The summed E-state index contributed by atoms with van der Waals surface area (Å²) in [7, 11) is 1.57. The number of Topliss-reactive ketones (excluding diaryl/α,β-unsaturated/α-hetero) is 1. The highest BCUT2D eigenvalue weighted by atomic mass is 31.0. The Morgan fingerprint density at radius 3 is 2.58 bits per heavy atom. The van der Waals surface area contributed by atoms with E-state index in [-0.39, 0.29) is 23.2 Å².